The van der Waals surface area contributed by atoms with E-state index in [9.17, 15) is 5.11 Å². The van der Waals surface area contributed by atoms with Gasteiger partial charge in [0, 0.05) is 0 Å². The molecule has 6 heteroatoms. The molecule has 0 aliphatic heterocycles. The first-order valence-electron chi connectivity index (χ1n) is 9.10. The van der Waals surface area contributed by atoms with Gasteiger partial charge in [0.05, 0.1) is 27.4 Å². The van der Waals surface area contributed by atoms with Crippen molar-refractivity contribution in [3.05, 3.63) is 53.6 Å². The van der Waals surface area contributed by atoms with E-state index in [4.69, 9.17) is 18.9 Å². The molecule has 3 N–H and O–H groups in total. The van der Waals surface area contributed by atoms with E-state index in [2.05, 4.69) is 0 Å². The number of nitrogens with two attached hydrogens (primary N) is 1. The molecule has 0 amide bonds. The van der Waals surface area contributed by atoms with E-state index in [0.717, 1.165) is 17.9 Å². The van der Waals surface area contributed by atoms with Gasteiger partial charge in [0.2, 0.25) is 0 Å². The number of hydrogen-bond donors (Lipinski definition) is 2. The van der Waals surface area contributed by atoms with Crippen LogP contribution >= 0.6 is 0 Å². The summed E-state index contributed by atoms with van der Waals surface area (Å²) in [5, 5.41) is 12.0. The number of ether oxygens (including phenoxy) is 4. The average molecular weight is 376 g/mol. The van der Waals surface area contributed by atoms with E-state index in [1.165, 1.54) is 5.56 Å². The molecule has 0 spiro atoms. The lowest BCUT2D eigenvalue weighted by Crippen LogP contribution is -2.87. The minimum Gasteiger partial charge on any atom is -0.493 e. The summed E-state index contributed by atoms with van der Waals surface area (Å²) in [5.74, 6) is 2.22. The van der Waals surface area contributed by atoms with E-state index < -0.39 is 6.10 Å². The van der Waals surface area contributed by atoms with Crippen LogP contribution in [0.4, 0.5) is 0 Å². The third-order valence-electron chi connectivity index (χ3n) is 4.08. The topological polar surface area (TPSA) is 73.8 Å². The first-order chi connectivity index (χ1) is 13.1. The second-order valence-electron chi connectivity index (χ2n) is 6.33. The fraction of sp³-hybridized carbons (Fsp3) is 0.429. The SMILES string of the molecule is COc1ccc(COC[C@@H](O)C[NH2+]CCOc2ccc(C)cc2)cc1OC. The van der Waals surface area contributed by atoms with Crippen molar-refractivity contribution in [3.63, 3.8) is 0 Å². The molecule has 0 heterocycles. The predicted molar refractivity (Wildman–Crippen MR) is 104 cm³/mol. The fourth-order valence-corrected chi connectivity index (χ4v) is 2.56. The summed E-state index contributed by atoms with van der Waals surface area (Å²) in [6.45, 7) is 4.69. The Kier molecular flexibility index (Phi) is 8.91. The highest BCUT2D eigenvalue weighted by Gasteiger charge is 2.08. The van der Waals surface area contributed by atoms with Crippen molar-refractivity contribution in [2.75, 3.05) is 40.5 Å². The second-order valence-corrected chi connectivity index (χ2v) is 6.33. The summed E-state index contributed by atoms with van der Waals surface area (Å²) in [7, 11) is 3.21. The molecular formula is C21H30NO5+. The van der Waals surface area contributed by atoms with Gasteiger partial charge in [-0.25, -0.2) is 0 Å². The molecule has 2 aromatic rings. The third-order valence-corrected chi connectivity index (χ3v) is 4.08. The summed E-state index contributed by atoms with van der Waals surface area (Å²) in [5.41, 5.74) is 2.18. The first kappa shape index (κ1) is 21.0. The Balaban J connectivity index is 1.58. The van der Waals surface area contributed by atoms with Crippen molar-refractivity contribution in [1.82, 2.24) is 0 Å². The number of hydrogen-bond acceptors (Lipinski definition) is 5. The number of rotatable bonds is 12. The monoisotopic (exact) mass is 376 g/mol. The van der Waals surface area contributed by atoms with E-state index in [0.29, 0.717) is 31.3 Å². The number of aliphatic hydroxyl groups is 1. The van der Waals surface area contributed by atoms with Gasteiger partial charge in [0.15, 0.2) is 11.5 Å². The maximum atomic E-state index is 10.0. The van der Waals surface area contributed by atoms with Crippen LogP contribution < -0.4 is 19.5 Å². The standard InChI is InChI=1S/C21H29NO5/c1-16-4-7-19(8-5-16)27-11-10-22-13-18(23)15-26-14-17-6-9-20(24-2)21(12-17)25-3/h4-9,12,18,22-23H,10-11,13-15H2,1-3H3/p+1/t18-/m0/s1. The van der Waals surface area contributed by atoms with Crippen molar-refractivity contribution in [2.45, 2.75) is 19.6 Å². The van der Waals surface area contributed by atoms with E-state index >= 15 is 0 Å². The average Bonchev–Trinajstić information content (AvgIpc) is 2.69. The quantitative estimate of drug-likeness (QED) is 0.550. The van der Waals surface area contributed by atoms with Crippen molar-refractivity contribution in [3.8, 4) is 17.2 Å². The van der Waals surface area contributed by atoms with Crippen LogP contribution in [0.25, 0.3) is 0 Å². The van der Waals surface area contributed by atoms with E-state index in [1.807, 2.05) is 54.7 Å². The van der Waals surface area contributed by atoms with Crippen LogP contribution in [0.5, 0.6) is 17.2 Å². The van der Waals surface area contributed by atoms with Crippen molar-refractivity contribution >= 4 is 0 Å². The van der Waals surface area contributed by atoms with E-state index in [-0.39, 0.29) is 6.61 Å². The Morgan fingerprint density at radius 3 is 2.44 bits per heavy atom. The van der Waals surface area contributed by atoms with Crippen LogP contribution in [0.3, 0.4) is 0 Å². The van der Waals surface area contributed by atoms with Gasteiger partial charge in [-0.15, -0.1) is 0 Å². The molecule has 0 radical (unpaired) electrons. The van der Waals surface area contributed by atoms with E-state index in [1.54, 1.807) is 14.2 Å². The number of aliphatic hydroxyl groups excluding tert-OH is 1. The molecule has 0 unspecified atom stereocenters. The normalized spacial score (nSPS) is 11.9. The lowest BCUT2D eigenvalue weighted by Gasteiger charge is -2.12. The summed E-state index contributed by atoms with van der Waals surface area (Å²) in [4.78, 5) is 0. The number of methoxy groups -OCH3 is 2. The molecule has 0 bridgehead atoms. The van der Waals surface area contributed by atoms with Gasteiger partial charge in [-0.05, 0) is 36.8 Å². The maximum absolute atomic E-state index is 10.0. The highest BCUT2D eigenvalue weighted by atomic mass is 16.5. The lowest BCUT2D eigenvalue weighted by molar-refractivity contribution is -0.661. The molecule has 0 saturated heterocycles. The third kappa shape index (κ3) is 7.46. The maximum Gasteiger partial charge on any atom is 0.161 e. The Hall–Kier alpha value is -2.28. The van der Waals surface area contributed by atoms with Crippen LogP contribution in [0.15, 0.2) is 42.5 Å². The Bertz CT molecular complexity index is 675. The van der Waals surface area contributed by atoms with Gasteiger partial charge in [0.1, 0.15) is 31.5 Å². The molecule has 2 rings (SSSR count). The molecule has 6 nitrogen and oxygen atoms in total. The smallest absolute Gasteiger partial charge is 0.161 e. The van der Waals surface area contributed by atoms with Crippen LogP contribution in [-0.4, -0.2) is 51.7 Å². The number of aryl methyl sites for hydroxylation is 1. The molecule has 2 aromatic carbocycles. The van der Waals surface area contributed by atoms with Crippen molar-refractivity contribution in [1.29, 1.82) is 0 Å². The molecule has 1 atom stereocenters. The molecule has 148 valence electrons. The summed E-state index contributed by atoms with van der Waals surface area (Å²) < 4.78 is 21.7. The van der Waals surface area contributed by atoms with Crippen LogP contribution in [0.1, 0.15) is 11.1 Å². The van der Waals surface area contributed by atoms with Crippen LogP contribution in [0.2, 0.25) is 0 Å². The molecule has 27 heavy (non-hydrogen) atoms. The Morgan fingerprint density at radius 2 is 1.74 bits per heavy atom. The fourth-order valence-electron chi connectivity index (χ4n) is 2.56. The molecule has 0 fully saturated rings. The van der Waals surface area contributed by atoms with Crippen LogP contribution in [-0.2, 0) is 11.3 Å². The summed E-state index contributed by atoms with van der Waals surface area (Å²) >= 11 is 0. The number of quaternary nitrogens is 1. The van der Waals surface area contributed by atoms with Gasteiger partial charge in [-0.3, -0.25) is 0 Å². The summed E-state index contributed by atoms with van der Waals surface area (Å²) in [6.07, 6.45) is -0.524. The lowest BCUT2D eigenvalue weighted by atomic mass is 10.2. The van der Waals surface area contributed by atoms with Gasteiger partial charge in [-0.2, -0.15) is 0 Å². The molecule has 0 aliphatic carbocycles. The van der Waals surface area contributed by atoms with Crippen LogP contribution in [0, 0.1) is 6.92 Å². The zero-order valence-corrected chi connectivity index (χ0v) is 16.3. The molecule has 0 aromatic heterocycles. The zero-order chi connectivity index (χ0) is 19.5. The van der Waals surface area contributed by atoms with Crippen molar-refractivity contribution in [2.24, 2.45) is 0 Å². The first-order valence-corrected chi connectivity index (χ1v) is 9.10. The highest BCUT2D eigenvalue weighted by Crippen LogP contribution is 2.27. The second kappa shape index (κ2) is 11.4. The molecular weight excluding hydrogens is 346 g/mol. The van der Waals surface area contributed by atoms with Gasteiger partial charge in [0.25, 0.3) is 0 Å². The van der Waals surface area contributed by atoms with Gasteiger partial charge < -0.3 is 29.4 Å². The highest BCUT2D eigenvalue weighted by molar-refractivity contribution is 5.42. The largest absolute Gasteiger partial charge is 0.493 e. The minimum atomic E-state index is -0.524. The Labute approximate surface area is 161 Å². The minimum absolute atomic E-state index is 0.281. The summed E-state index contributed by atoms with van der Waals surface area (Å²) in [6, 6.07) is 13.6. The Morgan fingerprint density at radius 1 is 1.00 bits per heavy atom. The van der Waals surface area contributed by atoms with Gasteiger partial charge >= 0.3 is 0 Å². The predicted octanol–water partition coefficient (Wildman–Crippen LogP) is 1.53. The zero-order valence-electron chi connectivity index (χ0n) is 16.3. The molecule has 0 aliphatic rings. The molecule has 0 saturated carbocycles. The van der Waals surface area contributed by atoms with Crippen molar-refractivity contribution < 1.29 is 29.4 Å². The number of benzene rings is 2. The van der Waals surface area contributed by atoms with Gasteiger partial charge in [-0.1, -0.05) is 23.8 Å².